The number of nitrogens with zero attached hydrogens (tertiary/aromatic N) is 2. The topological polar surface area (TPSA) is 45.2 Å². The molecule has 1 aromatic carbocycles. The Morgan fingerprint density at radius 3 is 2.87 bits per heavy atom. The largest absolute Gasteiger partial charge is 0.454 e. The van der Waals surface area contributed by atoms with Crippen LogP contribution in [-0.2, 0) is 6.54 Å². The molecule has 5 heteroatoms. The highest BCUT2D eigenvalue weighted by atomic mass is 16.7. The van der Waals surface area contributed by atoms with Gasteiger partial charge in [0.15, 0.2) is 11.5 Å². The number of rotatable bonds is 4. The van der Waals surface area contributed by atoms with Gasteiger partial charge in [-0.3, -0.25) is 9.80 Å². The van der Waals surface area contributed by atoms with Gasteiger partial charge in [-0.2, -0.15) is 0 Å². The number of hydrogen-bond donors (Lipinski definition) is 1. The summed E-state index contributed by atoms with van der Waals surface area (Å²) in [6, 6.07) is 5.36. The molecule has 3 aliphatic heterocycles. The first-order chi connectivity index (χ1) is 11.2. The maximum atomic E-state index is 9.44. The third kappa shape index (κ3) is 2.93. The van der Waals surface area contributed by atoms with Gasteiger partial charge in [0.05, 0.1) is 0 Å². The van der Waals surface area contributed by atoms with E-state index in [4.69, 9.17) is 9.47 Å². The molecule has 1 unspecified atom stereocenters. The molecule has 126 valence electrons. The van der Waals surface area contributed by atoms with Crippen molar-refractivity contribution in [3.63, 3.8) is 0 Å². The molecule has 2 atom stereocenters. The van der Waals surface area contributed by atoms with Crippen LogP contribution in [0.4, 0.5) is 0 Å². The zero-order valence-electron chi connectivity index (χ0n) is 13.8. The van der Waals surface area contributed by atoms with Crippen LogP contribution < -0.4 is 9.47 Å². The summed E-state index contributed by atoms with van der Waals surface area (Å²) < 4.78 is 11.0. The van der Waals surface area contributed by atoms with Crippen LogP contribution in [0.3, 0.4) is 0 Å². The molecule has 3 heterocycles. The number of aryl methyl sites for hydroxylation is 1. The molecule has 0 bridgehead atoms. The molecule has 0 aromatic heterocycles. The average Bonchev–Trinajstić information content (AvgIpc) is 3.16. The van der Waals surface area contributed by atoms with Crippen molar-refractivity contribution in [2.75, 3.05) is 33.0 Å². The summed E-state index contributed by atoms with van der Waals surface area (Å²) in [6.07, 6.45) is 3.47. The van der Waals surface area contributed by atoms with Crippen LogP contribution in [0.5, 0.6) is 11.5 Å². The van der Waals surface area contributed by atoms with Crippen molar-refractivity contribution < 1.29 is 14.6 Å². The molecule has 0 spiro atoms. The predicted molar refractivity (Wildman–Crippen MR) is 87.8 cm³/mol. The van der Waals surface area contributed by atoms with Gasteiger partial charge in [-0.15, -0.1) is 0 Å². The van der Waals surface area contributed by atoms with Crippen molar-refractivity contribution >= 4 is 0 Å². The molecule has 5 nitrogen and oxygen atoms in total. The number of piperazine rings is 1. The van der Waals surface area contributed by atoms with E-state index in [1.54, 1.807) is 0 Å². The van der Waals surface area contributed by atoms with E-state index in [2.05, 4.69) is 28.9 Å². The van der Waals surface area contributed by atoms with Crippen molar-refractivity contribution in [2.24, 2.45) is 0 Å². The third-order valence-electron chi connectivity index (χ3n) is 5.57. The number of aliphatic hydroxyl groups is 1. The second-order valence-electron chi connectivity index (χ2n) is 7.02. The number of ether oxygens (including phenoxy) is 2. The quantitative estimate of drug-likeness (QED) is 0.916. The lowest BCUT2D eigenvalue weighted by Gasteiger charge is -2.44. The smallest absolute Gasteiger partial charge is 0.231 e. The number of benzene rings is 1. The minimum Gasteiger partial charge on any atom is -0.454 e. The van der Waals surface area contributed by atoms with Crippen molar-refractivity contribution in [1.29, 1.82) is 0 Å². The molecule has 3 aliphatic rings. The summed E-state index contributed by atoms with van der Waals surface area (Å²) in [7, 11) is 0. The Kier molecular flexibility index (Phi) is 4.18. The van der Waals surface area contributed by atoms with Crippen molar-refractivity contribution in [3.05, 3.63) is 23.3 Å². The molecule has 2 fully saturated rings. The van der Waals surface area contributed by atoms with Gasteiger partial charge in [0.2, 0.25) is 6.79 Å². The summed E-state index contributed by atoms with van der Waals surface area (Å²) in [6.45, 7) is 7.09. The molecule has 0 amide bonds. The third-order valence-corrected chi connectivity index (χ3v) is 5.57. The molecule has 0 saturated carbocycles. The van der Waals surface area contributed by atoms with Gasteiger partial charge in [0.1, 0.15) is 0 Å². The van der Waals surface area contributed by atoms with Crippen LogP contribution >= 0.6 is 0 Å². The summed E-state index contributed by atoms with van der Waals surface area (Å²) in [5.74, 6) is 1.72. The summed E-state index contributed by atoms with van der Waals surface area (Å²) in [5.41, 5.74) is 2.56. The average molecular weight is 318 g/mol. The van der Waals surface area contributed by atoms with Crippen molar-refractivity contribution in [1.82, 2.24) is 9.80 Å². The van der Waals surface area contributed by atoms with E-state index in [1.807, 2.05) is 0 Å². The minimum absolute atomic E-state index is 0.264. The lowest BCUT2D eigenvalue weighted by Crippen LogP contribution is -2.55. The van der Waals surface area contributed by atoms with Gasteiger partial charge < -0.3 is 14.6 Å². The SMILES string of the molecule is Cc1cc2c(cc1CN1CC3CCCN3C[C@@H]1CCO)OCO2. The Balaban J connectivity index is 1.54. The van der Waals surface area contributed by atoms with Gasteiger partial charge in [-0.1, -0.05) is 0 Å². The first kappa shape index (κ1) is 15.2. The summed E-state index contributed by atoms with van der Waals surface area (Å²) in [4.78, 5) is 5.18. The molecule has 0 radical (unpaired) electrons. The highest BCUT2D eigenvalue weighted by Gasteiger charge is 2.36. The number of aliphatic hydroxyl groups excluding tert-OH is 1. The van der Waals surface area contributed by atoms with Gasteiger partial charge >= 0.3 is 0 Å². The van der Waals surface area contributed by atoms with E-state index in [1.165, 1.54) is 30.5 Å². The normalized spacial score (nSPS) is 27.4. The Morgan fingerprint density at radius 2 is 2.04 bits per heavy atom. The van der Waals surface area contributed by atoms with E-state index in [0.717, 1.165) is 37.6 Å². The lowest BCUT2D eigenvalue weighted by atomic mass is 10.0. The number of fused-ring (bicyclic) bond motifs is 2. The number of hydrogen-bond acceptors (Lipinski definition) is 5. The molecule has 4 rings (SSSR count). The second-order valence-corrected chi connectivity index (χ2v) is 7.02. The van der Waals surface area contributed by atoms with Crippen molar-refractivity contribution in [2.45, 2.75) is 44.8 Å². The van der Waals surface area contributed by atoms with Crippen LogP contribution in [0.2, 0.25) is 0 Å². The maximum Gasteiger partial charge on any atom is 0.231 e. The Morgan fingerprint density at radius 1 is 1.22 bits per heavy atom. The fourth-order valence-corrected chi connectivity index (χ4v) is 4.24. The molecular formula is C18H26N2O3. The van der Waals surface area contributed by atoms with E-state index in [0.29, 0.717) is 18.9 Å². The van der Waals surface area contributed by atoms with E-state index < -0.39 is 0 Å². The van der Waals surface area contributed by atoms with Crippen LogP contribution in [0, 0.1) is 6.92 Å². The zero-order chi connectivity index (χ0) is 15.8. The van der Waals surface area contributed by atoms with Crippen molar-refractivity contribution in [3.8, 4) is 11.5 Å². The van der Waals surface area contributed by atoms with E-state index >= 15 is 0 Å². The standard InChI is InChI=1S/C18H26N2O3/c1-13-7-17-18(23-12-22-17)8-14(13)9-20-11-15-3-2-5-19(15)10-16(20)4-6-21/h7-8,15-16,21H,2-6,9-12H2,1H3/t15?,16-/m0/s1. The molecule has 23 heavy (non-hydrogen) atoms. The fourth-order valence-electron chi connectivity index (χ4n) is 4.24. The van der Waals surface area contributed by atoms with E-state index in [-0.39, 0.29) is 6.61 Å². The highest BCUT2D eigenvalue weighted by Crippen LogP contribution is 2.36. The van der Waals surface area contributed by atoms with Crippen LogP contribution in [0.25, 0.3) is 0 Å². The molecular weight excluding hydrogens is 292 g/mol. The lowest BCUT2D eigenvalue weighted by molar-refractivity contribution is 0.0332. The summed E-state index contributed by atoms with van der Waals surface area (Å²) >= 11 is 0. The first-order valence-corrected chi connectivity index (χ1v) is 8.72. The predicted octanol–water partition coefficient (Wildman–Crippen LogP) is 1.75. The Hall–Kier alpha value is -1.30. The van der Waals surface area contributed by atoms with Gasteiger partial charge in [0.25, 0.3) is 0 Å². The van der Waals surface area contributed by atoms with Gasteiger partial charge in [-0.05, 0) is 56.0 Å². The monoisotopic (exact) mass is 318 g/mol. The molecule has 1 aromatic rings. The van der Waals surface area contributed by atoms with Crippen LogP contribution in [0.15, 0.2) is 12.1 Å². The molecule has 2 saturated heterocycles. The Labute approximate surface area is 137 Å². The summed E-state index contributed by atoms with van der Waals surface area (Å²) in [5, 5.41) is 9.44. The van der Waals surface area contributed by atoms with Gasteiger partial charge in [0, 0.05) is 38.3 Å². The highest BCUT2D eigenvalue weighted by molar-refractivity contribution is 5.48. The minimum atomic E-state index is 0.264. The molecule has 0 aliphatic carbocycles. The van der Waals surface area contributed by atoms with Gasteiger partial charge in [-0.25, -0.2) is 0 Å². The van der Waals surface area contributed by atoms with Crippen LogP contribution in [-0.4, -0.2) is 60.0 Å². The Bertz CT molecular complexity index is 578. The second kappa shape index (κ2) is 6.30. The zero-order valence-corrected chi connectivity index (χ0v) is 13.8. The first-order valence-electron chi connectivity index (χ1n) is 8.72. The van der Waals surface area contributed by atoms with Crippen LogP contribution in [0.1, 0.15) is 30.4 Å². The fraction of sp³-hybridized carbons (Fsp3) is 0.667. The van der Waals surface area contributed by atoms with E-state index in [9.17, 15) is 5.11 Å². The molecule has 1 N–H and O–H groups in total. The maximum absolute atomic E-state index is 9.44.